The Hall–Kier alpha value is -0.817. The van der Waals surface area contributed by atoms with E-state index in [-0.39, 0.29) is 10.8 Å². The van der Waals surface area contributed by atoms with Crippen LogP contribution >= 0.6 is 0 Å². The zero-order valence-electron chi connectivity index (χ0n) is 15.4. The van der Waals surface area contributed by atoms with E-state index >= 15 is 0 Å². The molecule has 128 valence electrons. The fourth-order valence-corrected chi connectivity index (χ4v) is 3.14. The van der Waals surface area contributed by atoms with Crippen molar-refractivity contribution in [3.63, 3.8) is 0 Å². The second-order valence-electron chi connectivity index (χ2n) is 8.49. The van der Waals surface area contributed by atoms with Crippen molar-refractivity contribution in [3.8, 4) is 11.1 Å². The van der Waals surface area contributed by atoms with Gasteiger partial charge in [0.2, 0.25) is 0 Å². The molecule has 0 aromatic heterocycles. The van der Waals surface area contributed by atoms with Crippen LogP contribution in [0, 0.1) is 0 Å². The molecule has 1 aliphatic rings. The van der Waals surface area contributed by atoms with E-state index in [0.29, 0.717) is 0 Å². The van der Waals surface area contributed by atoms with Crippen LogP contribution in [0.25, 0.3) is 11.1 Å². The summed E-state index contributed by atoms with van der Waals surface area (Å²) < 4.78 is 19.6. The van der Waals surface area contributed by atoms with Crippen molar-refractivity contribution < 1.29 is 29.7 Å². The standard InChI is InChI=1S/C21H26.2FH.Zr/c1-20(2,3)16-7-9-18-14(12-16)11-15-13-17(21(4,5)6)8-10-19(15)18;;;/h7-10,12-13H,11H2,1-6H3;2*1H;/q;;;+2/p-2. The van der Waals surface area contributed by atoms with Crippen LogP contribution in [0.4, 0.5) is 5.25 Å². The first-order valence-electron chi connectivity index (χ1n) is 8.31. The fraction of sp³-hybridized carbons (Fsp3) is 0.429. The molecule has 0 atom stereocenters. The van der Waals surface area contributed by atoms with Gasteiger partial charge in [0.15, 0.2) is 0 Å². The Labute approximate surface area is 158 Å². The van der Waals surface area contributed by atoms with Crippen LogP contribution in [-0.2, 0) is 41.7 Å². The van der Waals surface area contributed by atoms with Gasteiger partial charge >= 0.3 is 29.7 Å². The van der Waals surface area contributed by atoms with Crippen LogP contribution in [0.5, 0.6) is 0 Å². The Morgan fingerprint density at radius 3 is 1.33 bits per heavy atom. The van der Waals surface area contributed by atoms with Gasteiger partial charge in [0.25, 0.3) is 0 Å². The number of rotatable bonds is 0. The van der Waals surface area contributed by atoms with Crippen LogP contribution in [0.15, 0.2) is 36.4 Å². The molecule has 0 N–H and O–H groups in total. The first-order chi connectivity index (χ1) is 11.1. The SMILES string of the molecule is CC(C)(C)c1ccc2c(c1)Cc1cc(C(C)(C)C)ccc1-2.[F][Zr][F]. The van der Waals surface area contributed by atoms with Gasteiger partial charge < -0.3 is 0 Å². The van der Waals surface area contributed by atoms with Crippen LogP contribution in [0.1, 0.15) is 63.8 Å². The quantitative estimate of drug-likeness (QED) is 0.389. The van der Waals surface area contributed by atoms with Gasteiger partial charge in [0.1, 0.15) is 0 Å². The normalized spacial score (nSPS) is 12.8. The Bertz CT molecular complexity index is 660. The van der Waals surface area contributed by atoms with E-state index in [2.05, 4.69) is 77.9 Å². The summed E-state index contributed by atoms with van der Waals surface area (Å²) in [6.07, 6.45) is 1.08. The van der Waals surface area contributed by atoms with Gasteiger partial charge in [-0.25, -0.2) is 0 Å². The molecule has 0 aliphatic heterocycles. The predicted octanol–water partition coefficient (Wildman–Crippen LogP) is 6.69. The van der Waals surface area contributed by atoms with Gasteiger partial charge in [-0.05, 0) is 50.6 Å². The Morgan fingerprint density at radius 1 is 0.708 bits per heavy atom. The van der Waals surface area contributed by atoms with Crippen molar-refractivity contribution in [2.24, 2.45) is 0 Å². The average Bonchev–Trinajstić information content (AvgIpc) is 2.82. The van der Waals surface area contributed by atoms with E-state index in [1.54, 1.807) is 0 Å². The van der Waals surface area contributed by atoms with E-state index < -0.39 is 24.5 Å². The monoisotopic (exact) mass is 406 g/mol. The second kappa shape index (κ2) is 7.20. The molecule has 0 fully saturated rings. The van der Waals surface area contributed by atoms with E-state index in [1.165, 1.54) is 33.4 Å². The summed E-state index contributed by atoms with van der Waals surface area (Å²) in [5.41, 5.74) is 9.15. The molecule has 2 aromatic carbocycles. The summed E-state index contributed by atoms with van der Waals surface area (Å²) in [4.78, 5) is 0. The van der Waals surface area contributed by atoms with Gasteiger partial charge in [-0.2, -0.15) is 0 Å². The molecule has 0 spiro atoms. The molecule has 0 saturated carbocycles. The van der Waals surface area contributed by atoms with Gasteiger partial charge in [-0.15, -0.1) is 0 Å². The third kappa shape index (κ3) is 4.23. The van der Waals surface area contributed by atoms with Crippen LogP contribution in [-0.4, -0.2) is 0 Å². The number of hydrogen-bond donors (Lipinski definition) is 0. The Morgan fingerprint density at radius 2 is 1.04 bits per heavy atom. The van der Waals surface area contributed by atoms with Gasteiger partial charge in [-0.1, -0.05) is 77.9 Å². The summed E-state index contributed by atoms with van der Waals surface area (Å²) >= 11 is -2.77. The average molecular weight is 408 g/mol. The number of hydrogen-bond acceptors (Lipinski definition) is 0. The van der Waals surface area contributed by atoms with Gasteiger partial charge in [0.05, 0.1) is 0 Å². The molecule has 0 bridgehead atoms. The summed E-state index contributed by atoms with van der Waals surface area (Å²) in [6, 6.07) is 14.0. The minimum atomic E-state index is -2.77. The number of fused-ring (bicyclic) bond motifs is 3. The molecule has 0 saturated heterocycles. The summed E-state index contributed by atoms with van der Waals surface area (Å²) in [5, 5.41) is 0. The van der Waals surface area contributed by atoms with Crippen LogP contribution < -0.4 is 0 Å². The van der Waals surface area contributed by atoms with Gasteiger partial charge in [-0.3, -0.25) is 0 Å². The molecule has 2 aromatic rings. The minimum absolute atomic E-state index is 0.223. The summed E-state index contributed by atoms with van der Waals surface area (Å²) in [5.74, 6) is 0. The molecule has 3 heteroatoms. The van der Waals surface area contributed by atoms with Crippen molar-refractivity contribution in [1.29, 1.82) is 0 Å². The molecular weight excluding hydrogens is 381 g/mol. The third-order valence-corrected chi connectivity index (χ3v) is 4.61. The van der Waals surface area contributed by atoms with E-state index in [4.69, 9.17) is 0 Å². The maximum atomic E-state index is 9.80. The van der Waals surface area contributed by atoms with Crippen molar-refractivity contribution in [3.05, 3.63) is 58.7 Å². The van der Waals surface area contributed by atoms with Crippen molar-refractivity contribution >= 4 is 0 Å². The third-order valence-electron chi connectivity index (χ3n) is 4.61. The Kier molecular flexibility index (Phi) is 5.85. The molecule has 0 unspecified atom stereocenters. The first-order valence-corrected chi connectivity index (χ1v) is 10.2. The zero-order chi connectivity index (χ0) is 18.1. The Balaban J connectivity index is 0.000000647. The van der Waals surface area contributed by atoms with Crippen LogP contribution in [0.2, 0.25) is 0 Å². The van der Waals surface area contributed by atoms with Crippen molar-refractivity contribution in [2.75, 3.05) is 0 Å². The van der Waals surface area contributed by atoms with E-state index in [1.807, 2.05) is 0 Å². The fourth-order valence-electron chi connectivity index (χ4n) is 3.14. The number of benzene rings is 2. The molecule has 0 nitrogen and oxygen atoms in total. The zero-order valence-corrected chi connectivity index (χ0v) is 17.9. The molecular formula is C21H26F2Zr. The first kappa shape index (κ1) is 19.5. The summed E-state index contributed by atoms with van der Waals surface area (Å²) in [6.45, 7) is 13.7. The van der Waals surface area contributed by atoms with Crippen molar-refractivity contribution in [2.45, 2.75) is 58.8 Å². The number of halogens is 2. The molecule has 0 radical (unpaired) electrons. The van der Waals surface area contributed by atoms with E-state index in [0.717, 1.165) is 6.42 Å². The van der Waals surface area contributed by atoms with Crippen LogP contribution in [0.3, 0.4) is 0 Å². The van der Waals surface area contributed by atoms with Crippen molar-refractivity contribution in [1.82, 2.24) is 0 Å². The molecule has 1 aliphatic carbocycles. The molecule has 0 heterocycles. The second-order valence-corrected chi connectivity index (χ2v) is 8.84. The van der Waals surface area contributed by atoms with E-state index in [9.17, 15) is 5.25 Å². The topological polar surface area (TPSA) is 0 Å². The van der Waals surface area contributed by atoms with Gasteiger partial charge in [0, 0.05) is 0 Å². The maximum absolute atomic E-state index is 9.80. The molecule has 3 rings (SSSR count). The molecule has 0 amide bonds. The summed E-state index contributed by atoms with van der Waals surface area (Å²) in [7, 11) is 0. The molecule has 24 heavy (non-hydrogen) atoms. The predicted molar refractivity (Wildman–Crippen MR) is 94.3 cm³/mol.